The van der Waals surface area contributed by atoms with Gasteiger partial charge in [0, 0.05) is 18.7 Å². The summed E-state index contributed by atoms with van der Waals surface area (Å²) in [5.41, 5.74) is 6.91. The van der Waals surface area contributed by atoms with Crippen LogP contribution < -0.4 is 15.8 Å². The molecule has 5 nitrogen and oxygen atoms in total. The molecule has 0 aliphatic carbocycles. The molecule has 1 saturated heterocycles. The van der Waals surface area contributed by atoms with Crippen LogP contribution in [0.1, 0.15) is 25.7 Å². The van der Waals surface area contributed by atoms with Gasteiger partial charge in [-0.2, -0.15) is 0 Å². The van der Waals surface area contributed by atoms with Gasteiger partial charge in [-0.15, -0.1) is 0 Å². The number of amides is 1. The van der Waals surface area contributed by atoms with Gasteiger partial charge in [0.15, 0.2) is 0 Å². The summed E-state index contributed by atoms with van der Waals surface area (Å²) >= 11 is 0. The van der Waals surface area contributed by atoms with Crippen LogP contribution in [0.3, 0.4) is 0 Å². The number of ether oxygens (including phenoxy) is 2. The van der Waals surface area contributed by atoms with E-state index in [0.717, 1.165) is 25.9 Å². The molecule has 0 radical (unpaired) electrons. The highest BCUT2D eigenvalue weighted by atomic mass is 16.5. The van der Waals surface area contributed by atoms with Gasteiger partial charge in [-0.3, -0.25) is 4.79 Å². The number of nitrogens with two attached hydrogens (primary N) is 1. The van der Waals surface area contributed by atoms with Crippen LogP contribution in [-0.4, -0.2) is 25.7 Å². The van der Waals surface area contributed by atoms with Crippen molar-refractivity contribution in [3.05, 3.63) is 18.2 Å². The molecule has 5 heteroatoms. The molecule has 1 heterocycles. The summed E-state index contributed by atoms with van der Waals surface area (Å²) < 4.78 is 10.7. The Bertz CT molecular complexity index is 442. The maximum Gasteiger partial charge on any atom is 0.224 e. The molecule has 19 heavy (non-hydrogen) atoms. The van der Waals surface area contributed by atoms with Crippen LogP contribution >= 0.6 is 0 Å². The van der Waals surface area contributed by atoms with Crippen LogP contribution in [-0.2, 0) is 9.53 Å². The lowest BCUT2D eigenvalue weighted by molar-refractivity contribution is -0.116. The highest BCUT2D eigenvalue weighted by Crippen LogP contribution is 2.27. The molecule has 104 valence electrons. The molecule has 1 amide bonds. The van der Waals surface area contributed by atoms with E-state index in [1.165, 1.54) is 0 Å². The average molecular weight is 264 g/mol. The average Bonchev–Trinajstić information content (AvgIpc) is 2.90. The SMILES string of the molecule is COc1ccc(N)cc1NC(=O)CCC1CCCO1. The van der Waals surface area contributed by atoms with Crippen LogP contribution in [0.4, 0.5) is 11.4 Å². The van der Waals surface area contributed by atoms with Gasteiger partial charge >= 0.3 is 0 Å². The zero-order chi connectivity index (χ0) is 13.7. The van der Waals surface area contributed by atoms with E-state index in [4.69, 9.17) is 15.2 Å². The Kier molecular flexibility index (Phi) is 4.63. The first kappa shape index (κ1) is 13.7. The quantitative estimate of drug-likeness (QED) is 0.799. The minimum absolute atomic E-state index is 0.0422. The maximum atomic E-state index is 11.9. The highest BCUT2D eigenvalue weighted by Gasteiger charge is 2.17. The standard InChI is InChI=1S/C14H20N2O3/c1-18-13-6-4-10(15)9-12(13)16-14(17)7-5-11-3-2-8-19-11/h4,6,9,11H,2-3,5,7-8,15H2,1H3,(H,16,17). The fraction of sp³-hybridized carbons (Fsp3) is 0.500. The molecular weight excluding hydrogens is 244 g/mol. The number of hydrogen-bond donors (Lipinski definition) is 2. The minimum atomic E-state index is -0.0422. The Morgan fingerprint density at radius 2 is 2.42 bits per heavy atom. The van der Waals surface area contributed by atoms with Crippen LogP contribution in [0.25, 0.3) is 0 Å². The third-order valence-corrected chi connectivity index (χ3v) is 3.21. The number of nitrogens with one attached hydrogen (secondary N) is 1. The Balaban J connectivity index is 1.88. The summed E-state index contributed by atoms with van der Waals surface area (Å²) in [6, 6.07) is 5.18. The lowest BCUT2D eigenvalue weighted by Crippen LogP contribution is -2.15. The second kappa shape index (κ2) is 6.43. The number of anilines is 2. The topological polar surface area (TPSA) is 73.6 Å². The second-order valence-electron chi connectivity index (χ2n) is 4.68. The van der Waals surface area contributed by atoms with Gasteiger partial charge in [-0.05, 0) is 37.5 Å². The molecule has 1 unspecified atom stereocenters. The van der Waals surface area contributed by atoms with Crippen molar-refractivity contribution in [1.29, 1.82) is 0 Å². The summed E-state index contributed by atoms with van der Waals surface area (Å²) in [5.74, 6) is 0.569. The Hall–Kier alpha value is -1.75. The first-order valence-corrected chi connectivity index (χ1v) is 6.54. The first-order valence-electron chi connectivity index (χ1n) is 6.54. The van der Waals surface area contributed by atoms with Gasteiger partial charge in [-0.1, -0.05) is 0 Å². The van der Waals surface area contributed by atoms with Crippen molar-refractivity contribution in [2.45, 2.75) is 31.8 Å². The van der Waals surface area contributed by atoms with Gasteiger partial charge in [-0.25, -0.2) is 0 Å². The zero-order valence-electron chi connectivity index (χ0n) is 11.1. The zero-order valence-corrected chi connectivity index (χ0v) is 11.1. The smallest absolute Gasteiger partial charge is 0.224 e. The summed E-state index contributed by atoms with van der Waals surface area (Å²) in [4.78, 5) is 11.9. The van der Waals surface area contributed by atoms with E-state index in [9.17, 15) is 4.79 Å². The highest BCUT2D eigenvalue weighted by molar-refractivity contribution is 5.92. The van der Waals surface area contributed by atoms with E-state index in [2.05, 4.69) is 5.32 Å². The molecule has 3 N–H and O–H groups in total. The van der Waals surface area contributed by atoms with Crippen LogP contribution in [0.2, 0.25) is 0 Å². The minimum Gasteiger partial charge on any atom is -0.495 e. The number of methoxy groups -OCH3 is 1. The molecule has 1 aliphatic rings. The van der Waals surface area contributed by atoms with Gasteiger partial charge in [0.2, 0.25) is 5.91 Å². The molecule has 0 bridgehead atoms. The molecule has 1 aromatic carbocycles. The molecule has 1 atom stereocenters. The fourth-order valence-corrected chi connectivity index (χ4v) is 2.20. The third kappa shape index (κ3) is 3.86. The van der Waals surface area contributed by atoms with Crippen molar-refractivity contribution in [1.82, 2.24) is 0 Å². The molecule has 2 rings (SSSR count). The van der Waals surface area contributed by atoms with Crippen LogP contribution in [0.5, 0.6) is 5.75 Å². The molecule has 1 fully saturated rings. The molecular formula is C14H20N2O3. The van der Waals surface area contributed by atoms with E-state index in [0.29, 0.717) is 23.5 Å². The number of carbonyl (C=O) groups is 1. The lowest BCUT2D eigenvalue weighted by Gasteiger charge is -2.12. The van der Waals surface area contributed by atoms with Gasteiger partial charge in [0.1, 0.15) is 5.75 Å². The van der Waals surface area contributed by atoms with Gasteiger partial charge in [0.25, 0.3) is 0 Å². The molecule has 1 aromatic rings. The lowest BCUT2D eigenvalue weighted by atomic mass is 10.1. The van der Waals surface area contributed by atoms with Crippen molar-refractivity contribution in [2.75, 3.05) is 24.8 Å². The van der Waals surface area contributed by atoms with Crippen molar-refractivity contribution in [2.24, 2.45) is 0 Å². The number of hydrogen-bond acceptors (Lipinski definition) is 4. The second-order valence-corrected chi connectivity index (χ2v) is 4.68. The number of nitrogen functional groups attached to an aromatic ring is 1. The van der Waals surface area contributed by atoms with Crippen LogP contribution in [0.15, 0.2) is 18.2 Å². The van der Waals surface area contributed by atoms with Crippen molar-refractivity contribution < 1.29 is 14.3 Å². The molecule has 0 spiro atoms. The summed E-state index contributed by atoms with van der Waals surface area (Å²) in [7, 11) is 1.56. The van der Waals surface area contributed by atoms with Crippen molar-refractivity contribution >= 4 is 17.3 Å². The molecule has 1 aliphatic heterocycles. The van der Waals surface area contributed by atoms with E-state index in [1.54, 1.807) is 25.3 Å². The monoisotopic (exact) mass is 264 g/mol. The van der Waals surface area contributed by atoms with Gasteiger partial charge in [0.05, 0.1) is 18.9 Å². The van der Waals surface area contributed by atoms with E-state index in [-0.39, 0.29) is 12.0 Å². The summed E-state index contributed by atoms with van der Waals surface area (Å²) in [6.07, 6.45) is 3.58. The van der Waals surface area contributed by atoms with Crippen molar-refractivity contribution in [3.63, 3.8) is 0 Å². The normalized spacial score (nSPS) is 18.3. The first-order chi connectivity index (χ1) is 9.19. The van der Waals surface area contributed by atoms with Crippen molar-refractivity contribution in [3.8, 4) is 5.75 Å². The number of carbonyl (C=O) groups excluding carboxylic acids is 1. The number of rotatable bonds is 5. The largest absolute Gasteiger partial charge is 0.495 e. The third-order valence-electron chi connectivity index (χ3n) is 3.21. The predicted molar refractivity (Wildman–Crippen MR) is 74.2 cm³/mol. The molecule has 0 aromatic heterocycles. The predicted octanol–water partition coefficient (Wildman–Crippen LogP) is 2.18. The van der Waals surface area contributed by atoms with E-state index >= 15 is 0 Å². The fourth-order valence-electron chi connectivity index (χ4n) is 2.20. The Morgan fingerprint density at radius 1 is 1.58 bits per heavy atom. The Labute approximate surface area is 113 Å². The summed E-state index contributed by atoms with van der Waals surface area (Å²) in [6.45, 7) is 0.815. The Morgan fingerprint density at radius 3 is 3.11 bits per heavy atom. The van der Waals surface area contributed by atoms with Gasteiger partial charge < -0.3 is 20.5 Å². The van der Waals surface area contributed by atoms with E-state index in [1.807, 2.05) is 0 Å². The van der Waals surface area contributed by atoms with E-state index < -0.39 is 0 Å². The molecule has 0 saturated carbocycles. The van der Waals surface area contributed by atoms with Crippen LogP contribution in [0, 0.1) is 0 Å². The number of benzene rings is 1. The maximum absolute atomic E-state index is 11.9. The summed E-state index contributed by atoms with van der Waals surface area (Å²) in [5, 5.41) is 2.83.